The van der Waals surface area contributed by atoms with E-state index in [0.29, 0.717) is 6.61 Å². The number of ether oxygens (including phenoxy) is 3. The van der Waals surface area contributed by atoms with Crippen LogP contribution in [0.2, 0.25) is 0 Å². The second-order valence-electron chi connectivity index (χ2n) is 11.0. The highest BCUT2D eigenvalue weighted by Gasteiger charge is 2.23. The van der Waals surface area contributed by atoms with Crippen molar-refractivity contribution in [1.82, 2.24) is 0 Å². The first-order valence-corrected chi connectivity index (χ1v) is 14.8. The Morgan fingerprint density at radius 2 is 1.15 bits per heavy atom. The molecular formula is C35H49NO3. The van der Waals surface area contributed by atoms with Crippen LogP contribution in [0.4, 0.5) is 0 Å². The molecule has 4 heteroatoms. The van der Waals surface area contributed by atoms with Crippen LogP contribution in [0.5, 0.6) is 11.5 Å². The van der Waals surface area contributed by atoms with Crippen LogP contribution < -0.4 is 15.2 Å². The fourth-order valence-electron chi connectivity index (χ4n) is 4.72. The first kappa shape index (κ1) is 30.7. The maximum absolute atomic E-state index is 6.01. The van der Waals surface area contributed by atoms with E-state index in [1.807, 2.05) is 0 Å². The van der Waals surface area contributed by atoms with Gasteiger partial charge in [0, 0.05) is 18.6 Å². The first-order valence-electron chi connectivity index (χ1n) is 14.8. The van der Waals surface area contributed by atoms with Gasteiger partial charge in [0.05, 0.1) is 6.61 Å². The molecule has 0 aromatic heterocycles. The van der Waals surface area contributed by atoms with Crippen LogP contribution in [0.25, 0.3) is 0 Å². The van der Waals surface area contributed by atoms with E-state index in [1.54, 1.807) is 0 Å². The van der Waals surface area contributed by atoms with Crippen molar-refractivity contribution < 1.29 is 14.2 Å². The van der Waals surface area contributed by atoms with Crippen molar-refractivity contribution in [3.05, 3.63) is 95.1 Å². The Morgan fingerprint density at radius 3 is 1.74 bits per heavy atom. The monoisotopic (exact) mass is 531 g/mol. The molecular weight excluding hydrogens is 482 g/mol. The van der Waals surface area contributed by atoms with Gasteiger partial charge in [-0.1, -0.05) is 93.6 Å². The van der Waals surface area contributed by atoms with Crippen LogP contribution in [0.1, 0.15) is 87.5 Å². The highest BCUT2D eigenvalue weighted by Crippen LogP contribution is 2.33. The van der Waals surface area contributed by atoms with Gasteiger partial charge >= 0.3 is 0 Å². The van der Waals surface area contributed by atoms with Crippen LogP contribution in [0.3, 0.4) is 0 Å². The van der Waals surface area contributed by atoms with E-state index < -0.39 is 0 Å². The van der Waals surface area contributed by atoms with Crippen molar-refractivity contribution in [1.29, 1.82) is 0 Å². The number of aryl methyl sites for hydroxylation is 1. The number of nitrogens with two attached hydrogens (primary N) is 1. The molecule has 3 aromatic rings. The maximum atomic E-state index is 6.01. The lowest BCUT2D eigenvalue weighted by molar-refractivity contribution is 0.126. The number of benzene rings is 3. The van der Waals surface area contributed by atoms with Crippen molar-refractivity contribution in [3.63, 3.8) is 0 Å². The van der Waals surface area contributed by atoms with Gasteiger partial charge in [-0.2, -0.15) is 0 Å². The predicted molar refractivity (Wildman–Crippen MR) is 163 cm³/mol. The van der Waals surface area contributed by atoms with E-state index in [0.717, 1.165) is 63.5 Å². The molecule has 39 heavy (non-hydrogen) atoms. The molecule has 0 saturated heterocycles. The number of hydrogen-bond acceptors (Lipinski definition) is 4. The number of rotatable bonds is 19. The molecule has 0 aliphatic heterocycles. The van der Waals surface area contributed by atoms with E-state index in [2.05, 4.69) is 93.6 Å². The minimum absolute atomic E-state index is 0.108. The molecule has 3 rings (SSSR count). The fourth-order valence-corrected chi connectivity index (χ4v) is 4.72. The molecule has 0 spiro atoms. The predicted octanol–water partition coefficient (Wildman–Crippen LogP) is 8.37. The summed E-state index contributed by atoms with van der Waals surface area (Å²) in [5.74, 6) is 1.84. The SMILES string of the molecule is Cc1cccc(COc2ccc(C(C)(C)c3ccc(OCCCCCCCCOCCCCN)cc3)cc2)c1. The highest BCUT2D eigenvalue weighted by molar-refractivity contribution is 5.42. The molecule has 0 saturated carbocycles. The molecule has 0 heterocycles. The highest BCUT2D eigenvalue weighted by atomic mass is 16.5. The quantitative estimate of drug-likeness (QED) is 0.158. The summed E-state index contributed by atoms with van der Waals surface area (Å²) in [6.07, 6.45) is 9.40. The van der Waals surface area contributed by atoms with Gasteiger partial charge in [-0.25, -0.2) is 0 Å². The minimum Gasteiger partial charge on any atom is -0.494 e. The zero-order valence-corrected chi connectivity index (χ0v) is 24.4. The lowest BCUT2D eigenvalue weighted by atomic mass is 9.78. The van der Waals surface area contributed by atoms with Crippen molar-refractivity contribution >= 4 is 0 Å². The number of unbranched alkanes of at least 4 members (excludes halogenated alkanes) is 6. The zero-order valence-electron chi connectivity index (χ0n) is 24.4. The molecule has 212 valence electrons. The van der Waals surface area contributed by atoms with Crippen LogP contribution in [-0.2, 0) is 16.8 Å². The van der Waals surface area contributed by atoms with Gasteiger partial charge in [-0.3, -0.25) is 0 Å². The molecule has 4 nitrogen and oxygen atoms in total. The second kappa shape index (κ2) is 17.0. The molecule has 0 radical (unpaired) electrons. The van der Waals surface area contributed by atoms with Gasteiger partial charge in [0.1, 0.15) is 18.1 Å². The summed E-state index contributed by atoms with van der Waals surface area (Å²) in [5, 5.41) is 0. The molecule has 0 aliphatic rings. The van der Waals surface area contributed by atoms with E-state index >= 15 is 0 Å². The molecule has 0 aliphatic carbocycles. The summed E-state index contributed by atoms with van der Waals surface area (Å²) in [5.41, 5.74) is 10.4. The van der Waals surface area contributed by atoms with Gasteiger partial charge in [0.25, 0.3) is 0 Å². The normalized spacial score (nSPS) is 11.5. The fraction of sp³-hybridized carbons (Fsp3) is 0.486. The van der Waals surface area contributed by atoms with Crippen LogP contribution >= 0.6 is 0 Å². The Bertz CT molecular complexity index is 1060. The van der Waals surface area contributed by atoms with E-state index in [4.69, 9.17) is 19.9 Å². The molecule has 0 unspecified atom stereocenters. The van der Waals surface area contributed by atoms with Gasteiger partial charge in [0.15, 0.2) is 0 Å². The Kier molecular flexibility index (Phi) is 13.4. The van der Waals surface area contributed by atoms with E-state index in [9.17, 15) is 0 Å². The van der Waals surface area contributed by atoms with Crippen molar-refractivity contribution in [2.75, 3.05) is 26.4 Å². The van der Waals surface area contributed by atoms with Gasteiger partial charge < -0.3 is 19.9 Å². The number of hydrogen-bond donors (Lipinski definition) is 1. The third kappa shape index (κ3) is 11.1. The molecule has 3 aromatic carbocycles. The second-order valence-corrected chi connectivity index (χ2v) is 11.0. The summed E-state index contributed by atoms with van der Waals surface area (Å²) in [6, 6.07) is 25.5. The van der Waals surface area contributed by atoms with Gasteiger partial charge in [-0.15, -0.1) is 0 Å². The summed E-state index contributed by atoms with van der Waals surface area (Å²) in [6.45, 7) is 10.5. The Balaban J connectivity index is 1.33. The van der Waals surface area contributed by atoms with Crippen molar-refractivity contribution in [2.24, 2.45) is 5.73 Å². The largest absolute Gasteiger partial charge is 0.494 e. The molecule has 0 amide bonds. The smallest absolute Gasteiger partial charge is 0.119 e. The average molecular weight is 532 g/mol. The van der Waals surface area contributed by atoms with Gasteiger partial charge in [-0.05, 0) is 80.1 Å². The van der Waals surface area contributed by atoms with Crippen molar-refractivity contribution in [2.45, 2.75) is 84.2 Å². The van der Waals surface area contributed by atoms with E-state index in [-0.39, 0.29) is 5.41 Å². The third-order valence-corrected chi connectivity index (χ3v) is 7.33. The Morgan fingerprint density at radius 1 is 0.615 bits per heavy atom. The standard InChI is InChI=1S/C35H49NO3/c1-29-13-12-14-30(27-29)28-39-34-21-17-32(18-22-34)35(2,3)31-15-19-33(20-16-31)38-26-10-7-5-4-6-9-24-37-25-11-8-23-36/h12-22,27H,4-11,23-26,28,36H2,1-3H3. The van der Waals surface area contributed by atoms with E-state index in [1.165, 1.54) is 47.9 Å². The zero-order chi connectivity index (χ0) is 27.8. The van der Waals surface area contributed by atoms with Crippen LogP contribution in [-0.4, -0.2) is 26.4 Å². The average Bonchev–Trinajstić information content (AvgIpc) is 2.95. The summed E-state index contributed by atoms with van der Waals surface area (Å²) >= 11 is 0. The first-order chi connectivity index (χ1) is 19.0. The third-order valence-electron chi connectivity index (χ3n) is 7.33. The summed E-state index contributed by atoms with van der Waals surface area (Å²) in [7, 11) is 0. The van der Waals surface area contributed by atoms with Crippen molar-refractivity contribution in [3.8, 4) is 11.5 Å². The molecule has 0 atom stereocenters. The van der Waals surface area contributed by atoms with Crippen LogP contribution in [0.15, 0.2) is 72.8 Å². The summed E-state index contributed by atoms with van der Waals surface area (Å²) in [4.78, 5) is 0. The molecule has 0 fully saturated rings. The minimum atomic E-state index is -0.108. The topological polar surface area (TPSA) is 53.7 Å². The van der Waals surface area contributed by atoms with Gasteiger partial charge in [0.2, 0.25) is 0 Å². The molecule has 2 N–H and O–H groups in total. The summed E-state index contributed by atoms with van der Waals surface area (Å²) < 4.78 is 17.7. The van der Waals surface area contributed by atoms with Crippen LogP contribution in [0, 0.1) is 6.92 Å². The maximum Gasteiger partial charge on any atom is 0.119 e. The molecule has 0 bridgehead atoms. The Labute approximate surface area is 236 Å². The lowest BCUT2D eigenvalue weighted by Crippen LogP contribution is -2.18. The Hall–Kier alpha value is -2.82. The lowest BCUT2D eigenvalue weighted by Gasteiger charge is -2.26.